The summed E-state index contributed by atoms with van der Waals surface area (Å²) in [6, 6.07) is 11.8. The van der Waals surface area contributed by atoms with Gasteiger partial charge in [0.2, 0.25) is 5.60 Å². The Morgan fingerprint density at radius 2 is 1.82 bits per heavy atom. The number of methoxy groups -OCH3 is 1. The Labute approximate surface area is 227 Å². The fraction of sp³-hybridized carbons (Fsp3) is 0.357. The average molecular weight is 562 g/mol. The van der Waals surface area contributed by atoms with Crippen LogP contribution in [0.2, 0.25) is 0 Å². The third-order valence-electron chi connectivity index (χ3n) is 6.90. The molecule has 2 aliphatic rings. The summed E-state index contributed by atoms with van der Waals surface area (Å²) in [7, 11) is 1.38. The van der Waals surface area contributed by atoms with E-state index in [9.17, 15) is 27.5 Å². The van der Waals surface area contributed by atoms with Crippen LogP contribution in [0.15, 0.2) is 54.6 Å². The van der Waals surface area contributed by atoms with Crippen LogP contribution < -0.4 is 20.5 Å². The van der Waals surface area contributed by atoms with Crippen LogP contribution in [-0.4, -0.2) is 55.1 Å². The molecule has 1 saturated carbocycles. The Kier molecular flexibility index (Phi) is 7.19. The topological polar surface area (TPSA) is 116 Å². The first kappa shape index (κ1) is 27.8. The van der Waals surface area contributed by atoms with Gasteiger partial charge in [-0.25, -0.2) is 9.37 Å². The van der Waals surface area contributed by atoms with E-state index in [1.807, 2.05) is 0 Å². The summed E-state index contributed by atoms with van der Waals surface area (Å²) in [5.74, 6) is -0.754. The van der Waals surface area contributed by atoms with E-state index in [-0.39, 0.29) is 41.9 Å². The minimum Gasteiger partial charge on any atom is -0.493 e. The van der Waals surface area contributed by atoms with Gasteiger partial charge in [0.1, 0.15) is 5.82 Å². The Morgan fingerprint density at radius 3 is 2.40 bits per heavy atom. The van der Waals surface area contributed by atoms with Crippen LogP contribution in [-0.2, 0) is 15.9 Å². The van der Waals surface area contributed by atoms with E-state index in [1.54, 1.807) is 0 Å². The number of aromatic nitrogens is 1. The molecule has 2 aromatic carbocycles. The molecular formula is C28H27F4N3O5. The number of hydrogen-bond donors (Lipinski definition) is 3. The van der Waals surface area contributed by atoms with E-state index < -0.39 is 41.3 Å². The number of nitrogens with zero attached hydrogens (tertiary/aromatic N) is 1. The van der Waals surface area contributed by atoms with Crippen molar-refractivity contribution in [2.45, 2.75) is 36.3 Å². The summed E-state index contributed by atoms with van der Waals surface area (Å²) < 4.78 is 73.1. The lowest BCUT2D eigenvalue weighted by molar-refractivity contribution is -0.265. The number of rotatable bonds is 9. The summed E-state index contributed by atoms with van der Waals surface area (Å²) in [4.78, 5) is 17.0. The molecule has 1 saturated heterocycles. The molecule has 1 aromatic heterocycles. The first-order valence-electron chi connectivity index (χ1n) is 12.5. The Morgan fingerprint density at radius 1 is 1.12 bits per heavy atom. The lowest BCUT2D eigenvalue weighted by Crippen LogP contribution is -2.55. The number of carbonyl (C=O) groups excluding carboxylic acids is 1. The van der Waals surface area contributed by atoms with Crippen molar-refractivity contribution < 1.29 is 41.7 Å². The number of halogens is 4. The minimum atomic E-state index is -5.25. The summed E-state index contributed by atoms with van der Waals surface area (Å²) in [6.45, 7) is -1.16. The van der Waals surface area contributed by atoms with Crippen LogP contribution in [0, 0.1) is 5.82 Å². The third kappa shape index (κ3) is 5.47. The first-order chi connectivity index (χ1) is 18.9. The molecule has 2 fully saturated rings. The molecule has 40 heavy (non-hydrogen) atoms. The molecule has 1 amide bonds. The molecule has 2 heterocycles. The Balaban J connectivity index is 1.47. The van der Waals surface area contributed by atoms with E-state index in [2.05, 4.69) is 10.3 Å². The quantitative estimate of drug-likeness (QED) is 0.341. The highest BCUT2D eigenvalue weighted by Crippen LogP contribution is 2.41. The number of nitrogens with two attached hydrogens (primary N) is 1. The van der Waals surface area contributed by atoms with E-state index >= 15 is 0 Å². The van der Waals surface area contributed by atoms with Gasteiger partial charge in [0.15, 0.2) is 11.5 Å². The highest BCUT2D eigenvalue weighted by Gasteiger charge is 2.57. The minimum absolute atomic E-state index is 0.00533. The van der Waals surface area contributed by atoms with Crippen molar-refractivity contribution in [2.75, 3.05) is 26.9 Å². The lowest BCUT2D eigenvalue weighted by atomic mass is 9.85. The maximum atomic E-state index is 14.5. The van der Waals surface area contributed by atoms with Gasteiger partial charge in [-0.2, -0.15) is 13.2 Å². The van der Waals surface area contributed by atoms with Gasteiger partial charge >= 0.3 is 6.18 Å². The zero-order valence-electron chi connectivity index (χ0n) is 21.4. The van der Waals surface area contributed by atoms with Gasteiger partial charge in [0, 0.05) is 11.1 Å². The molecular weight excluding hydrogens is 534 g/mol. The van der Waals surface area contributed by atoms with E-state index in [4.69, 9.17) is 19.9 Å². The third-order valence-corrected chi connectivity index (χ3v) is 6.90. The molecule has 12 heteroatoms. The van der Waals surface area contributed by atoms with Crippen molar-refractivity contribution in [3.05, 3.63) is 77.2 Å². The fourth-order valence-corrected chi connectivity index (χ4v) is 4.20. The highest BCUT2D eigenvalue weighted by atomic mass is 19.4. The second-order valence-electron chi connectivity index (χ2n) is 10.0. The second kappa shape index (κ2) is 10.3. The van der Waals surface area contributed by atoms with Crippen LogP contribution in [0.5, 0.6) is 11.5 Å². The predicted molar refractivity (Wildman–Crippen MR) is 135 cm³/mol. The van der Waals surface area contributed by atoms with Crippen molar-refractivity contribution in [3.8, 4) is 22.8 Å². The van der Waals surface area contributed by atoms with Gasteiger partial charge in [-0.15, -0.1) is 0 Å². The number of amides is 1. The number of carbonyl (C=O) groups is 1. The standard InChI is InChI=1S/C28H27F4N3O5/c1-38-23-10-17(4-9-22(23)40-20-7-8-20)25(36)34-13-27(37,28(30,31)32)24-12-18(26(33)14-39-15-26)11-21(35-24)16-2-5-19(29)6-3-16/h2-6,9-12,20,37H,7-8,13-15,33H2,1H3,(H,34,36). The number of ether oxygens (including phenoxy) is 3. The summed E-state index contributed by atoms with van der Waals surface area (Å²) in [5, 5.41) is 13.3. The van der Waals surface area contributed by atoms with Crippen molar-refractivity contribution in [1.29, 1.82) is 0 Å². The van der Waals surface area contributed by atoms with Crippen LogP contribution in [0.3, 0.4) is 0 Å². The van der Waals surface area contributed by atoms with Crippen LogP contribution >= 0.6 is 0 Å². The molecule has 1 atom stereocenters. The molecule has 1 unspecified atom stereocenters. The SMILES string of the molecule is COc1cc(C(=O)NCC(O)(c2cc(C3(N)COC3)cc(-c3ccc(F)cc3)n2)C(F)(F)F)ccc1OC1CC1. The number of hydrogen-bond acceptors (Lipinski definition) is 7. The van der Waals surface area contributed by atoms with Crippen molar-refractivity contribution in [1.82, 2.24) is 10.3 Å². The molecule has 212 valence electrons. The van der Waals surface area contributed by atoms with Crippen LogP contribution in [0.4, 0.5) is 17.6 Å². The molecule has 1 aliphatic carbocycles. The van der Waals surface area contributed by atoms with Gasteiger partial charge in [-0.05, 0) is 73.0 Å². The normalized spacial score (nSPS) is 17.9. The molecule has 0 bridgehead atoms. The second-order valence-corrected chi connectivity index (χ2v) is 10.0. The molecule has 1 aliphatic heterocycles. The summed E-state index contributed by atoms with van der Waals surface area (Å²) in [6.07, 6.45) is -3.38. The van der Waals surface area contributed by atoms with Crippen molar-refractivity contribution in [3.63, 3.8) is 0 Å². The zero-order valence-corrected chi connectivity index (χ0v) is 21.4. The number of aliphatic hydroxyl groups is 1. The maximum Gasteiger partial charge on any atom is 0.424 e. The van der Waals surface area contributed by atoms with E-state index in [1.165, 1.54) is 43.5 Å². The molecule has 0 radical (unpaired) electrons. The van der Waals surface area contributed by atoms with Gasteiger partial charge < -0.3 is 30.4 Å². The zero-order chi connectivity index (χ0) is 28.7. The predicted octanol–water partition coefficient (Wildman–Crippen LogP) is 3.80. The number of nitrogens with one attached hydrogen (secondary N) is 1. The van der Waals surface area contributed by atoms with Crippen LogP contribution in [0.1, 0.15) is 34.5 Å². The smallest absolute Gasteiger partial charge is 0.424 e. The molecule has 8 nitrogen and oxygen atoms in total. The molecule has 0 spiro atoms. The number of pyridine rings is 1. The van der Waals surface area contributed by atoms with Crippen LogP contribution in [0.25, 0.3) is 11.3 Å². The van der Waals surface area contributed by atoms with Crippen molar-refractivity contribution >= 4 is 5.91 Å². The summed E-state index contributed by atoms with van der Waals surface area (Å²) >= 11 is 0. The monoisotopic (exact) mass is 561 g/mol. The Bertz CT molecular complexity index is 1410. The average Bonchev–Trinajstić information content (AvgIpc) is 3.74. The summed E-state index contributed by atoms with van der Waals surface area (Å²) in [5.41, 5.74) is 1.44. The fourth-order valence-electron chi connectivity index (χ4n) is 4.20. The van der Waals surface area contributed by atoms with Gasteiger partial charge in [-0.1, -0.05) is 0 Å². The van der Waals surface area contributed by atoms with Crippen molar-refractivity contribution in [2.24, 2.45) is 5.73 Å². The largest absolute Gasteiger partial charge is 0.493 e. The first-order valence-corrected chi connectivity index (χ1v) is 12.5. The molecule has 4 N–H and O–H groups in total. The number of alkyl halides is 3. The molecule has 3 aromatic rings. The van der Waals surface area contributed by atoms with Gasteiger partial charge in [-0.3, -0.25) is 4.79 Å². The highest BCUT2D eigenvalue weighted by molar-refractivity contribution is 5.95. The van der Waals surface area contributed by atoms with E-state index in [0.717, 1.165) is 31.0 Å². The maximum absolute atomic E-state index is 14.5. The van der Waals surface area contributed by atoms with Gasteiger partial charge in [0.05, 0.1) is 49.9 Å². The van der Waals surface area contributed by atoms with Gasteiger partial charge in [0.25, 0.3) is 5.91 Å². The Hall–Kier alpha value is -3.74. The van der Waals surface area contributed by atoms with E-state index in [0.29, 0.717) is 11.3 Å². The molecule has 5 rings (SSSR count). The number of benzene rings is 2. The lowest BCUT2D eigenvalue weighted by Gasteiger charge is -2.39.